The molecule has 2 nitrogen and oxygen atoms in total. The number of aliphatic hydroxyl groups excluding tert-OH is 1. The zero-order valence-electron chi connectivity index (χ0n) is 13.3. The van der Waals surface area contributed by atoms with Crippen LogP contribution in [0.3, 0.4) is 0 Å². The van der Waals surface area contributed by atoms with E-state index in [1.165, 1.54) is 19.3 Å². The number of rotatable bonds is 10. The lowest BCUT2D eigenvalue weighted by atomic mass is 10.2. The van der Waals surface area contributed by atoms with Crippen molar-refractivity contribution in [3.8, 4) is 11.8 Å². The van der Waals surface area contributed by atoms with E-state index in [1.54, 1.807) is 0 Å². The summed E-state index contributed by atoms with van der Waals surface area (Å²) < 4.78 is 6.06. The fourth-order valence-electron chi connectivity index (χ4n) is 2.13. The Morgan fingerprint density at radius 2 is 1.63 bits per heavy atom. The van der Waals surface area contributed by atoms with Crippen molar-refractivity contribution in [1.82, 2.24) is 0 Å². The summed E-state index contributed by atoms with van der Waals surface area (Å²) in [4.78, 5) is 0. The topological polar surface area (TPSA) is 29.5 Å². The Labute approximate surface area is 121 Å². The quantitative estimate of drug-likeness (QED) is 0.367. The van der Waals surface area contributed by atoms with Gasteiger partial charge in [0.05, 0.1) is 12.7 Å². The van der Waals surface area contributed by atoms with Gasteiger partial charge in [0.15, 0.2) is 8.32 Å². The molecular weight excluding hydrogens is 252 g/mol. The Morgan fingerprint density at radius 1 is 1.00 bits per heavy atom. The van der Waals surface area contributed by atoms with Gasteiger partial charge < -0.3 is 9.53 Å². The molecule has 0 amide bonds. The molecule has 19 heavy (non-hydrogen) atoms. The molecule has 0 saturated heterocycles. The average Bonchev–Trinajstić information content (AvgIpc) is 2.45. The Balaban J connectivity index is 3.88. The largest absolute Gasteiger partial charge is 0.414 e. The van der Waals surface area contributed by atoms with Crippen LogP contribution in [-0.4, -0.2) is 26.1 Å². The van der Waals surface area contributed by atoms with Gasteiger partial charge in [0, 0.05) is 12.8 Å². The summed E-state index contributed by atoms with van der Waals surface area (Å²) in [5.74, 6) is 6.21. The first-order valence-electron chi connectivity index (χ1n) is 7.91. The predicted octanol–water partition coefficient (Wildman–Crippen LogP) is 4.34. The Kier molecular flexibility index (Phi) is 11.3. The predicted molar refractivity (Wildman–Crippen MR) is 85.7 cm³/mol. The molecule has 1 atom stereocenters. The molecule has 0 aliphatic rings. The van der Waals surface area contributed by atoms with E-state index in [1.807, 2.05) is 0 Å². The third-order valence-electron chi connectivity index (χ3n) is 3.88. The van der Waals surface area contributed by atoms with Crippen molar-refractivity contribution in [1.29, 1.82) is 0 Å². The fraction of sp³-hybridized carbons (Fsp3) is 0.875. The second kappa shape index (κ2) is 11.5. The van der Waals surface area contributed by atoms with Crippen LogP contribution >= 0.6 is 0 Å². The molecule has 112 valence electrons. The van der Waals surface area contributed by atoms with Gasteiger partial charge in [0.2, 0.25) is 0 Å². The normalized spacial score (nSPS) is 12.9. The molecule has 3 heteroatoms. The van der Waals surface area contributed by atoms with E-state index in [0.717, 1.165) is 24.6 Å². The SMILES string of the molecule is CCCCCC#CC[C@H](O)CO[Si](CC)(CC)CC. The molecule has 0 fully saturated rings. The molecule has 0 spiro atoms. The summed E-state index contributed by atoms with van der Waals surface area (Å²) in [6.07, 6.45) is 4.74. The fourth-order valence-corrected chi connectivity index (χ4v) is 4.79. The van der Waals surface area contributed by atoms with Crippen molar-refractivity contribution in [2.24, 2.45) is 0 Å². The van der Waals surface area contributed by atoms with Crippen molar-refractivity contribution in [2.45, 2.75) is 84.0 Å². The lowest BCUT2D eigenvalue weighted by Crippen LogP contribution is -2.38. The number of aliphatic hydroxyl groups is 1. The maximum absolute atomic E-state index is 9.90. The zero-order chi connectivity index (χ0) is 14.6. The molecule has 0 unspecified atom stereocenters. The summed E-state index contributed by atoms with van der Waals surface area (Å²) in [6.45, 7) is 9.28. The average molecular weight is 285 g/mol. The molecule has 0 saturated carbocycles. The number of hydrogen-bond donors (Lipinski definition) is 1. The van der Waals surface area contributed by atoms with Crippen LogP contribution in [0, 0.1) is 11.8 Å². The maximum atomic E-state index is 9.90. The Hall–Kier alpha value is -0.303. The van der Waals surface area contributed by atoms with Crippen molar-refractivity contribution in [3.05, 3.63) is 0 Å². The summed E-state index contributed by atoms with van der Waals surface area (Å²) in [5, 5.41) is 9.90. The van der Waals surface area contributed by atoms with Crippen LogP contribution in [0.1, 0.15) is 59.8 Å². The first-order chi connectivity index (χ1) is 9.14. The highest BCUT2D eigenvalue weighted by Crippen LogP contribution is 2.21. The molecule has 1 N–H and O–H groups in total. The first-order valence-corrected chi connectivity index (χ1v) is 10.4. The second-order valence-corrected chi connectivity index (χ2v) is 10.00. The molecule has 0 bridgehead atoms. The molecule has 0 heterocycles. The molecule has 0 rings (SSSR count). The van der Waals surface area contributed by atoms with Gasteiger partial charge in [0.1, 0.15) is 0 Å². The molecule has 0 aromatic carbocycles. The molecule has 0 aromatic heterocycles. The first kappa shape index (κ1) is 18.7. The van der Waals surface area contributed by atoms with Crippen LogP contribution in [0.25, 0.3) is 0 Å². The zero-order valence-corrected chi connectivity index (χ0v) is 14.3. The highest BCUT2D eigenvalue weighted by atomic mass is 28.4. The van der Waals surface area contributed by atoms with E-state index < -0.39 is 14.4 Å². The minimum absolute atomic E-state index is 0.421. The van der Waals surface area contributed by atoms with Gasteiger partial charge in [-0.1, -0.05) is 40.5 Å². The lowest BCUT2D eigenvalue weighted by molar-refractivity contribution is 0.105. The second-order valence-electron chi connectivity index (χ2n) is 5.22. The smallest absolute Gasteiger partial charge is 0.192 e. The van der Waals surface area contributed by atoms with Crippen LogP contribution in [-0.2, 0) is 4.43 Å². The van der Waals surface area contributed by atoms with Gasteiger partial charge in [-0.25, -0.2) is 0 Å². The Morgan fingerprint density at radius 3 is 2.16 bits per heavy atom. The van der Waals surface area contributed by atoms with Crippen LogP contribution in [0.15, 0.2) is 0 Å². The summed E-state index contributed by atoms with van der Waals surface area (Å²) in [5.41, 5.74) is 0. The van der Waals surface area contributed by atoms with Crippen molar-refractivity contribution >= 4 is 8.32 Å². The Bertz CT molecular complexity index is 255. The van der Waals surface area contributed by atoms with E-state index in [0.29, 0.717) is 13.0 Å². The van der Waals surface area contributed by atoms with Crippen LogP contribution in [0.4, 0.5) is 0 Å². The molecule has 0 aliphatic heterocycles. The molecular formula is C16H32O2Si. The summed E-state index contributed by atoms with van der Waals surface area (Å²) in [7, 11) is -1.55. The van der Waals surface area contributed by atoms with Gasteiger partial charge in [-0.2, -0.15) is 0 Å². The lowest BCUT2D eigenvalue weighted by Gasteiger charge is -2.28. The van der Waals surface area contributed by atoms with Gasteiger partial charge in [-0.3, -0.25) is 0 Å². The van der Waals surface area contributed by atoms with E-state index >= 15 is 0 Å². The molecule has 0 radical (unpaired) electrons. The number of hydrogen-bond acceptors (Lipinski definition) is 2. The third kappa shape index (κ3) is 8.46. The molecule has 0 aromatic rings. The summed E-state index contributed by atoms with van der Waals surface area (Å²) in [6, 6.07) is 3.40. The van der Waals surface area contributed by atoms with E-state index in [9.17, 15) is 5.11 Å². The van der Waals surface area contributed by atoms with Crippen LogP contribution < -0.4 is 0 Å². The van der Waals surface area contributed by atoms with Crippen LogP contribution in [0.5, 0.6) is 0 Å². The van der Waals surface area contributed by atoms with E-state index in [4.69, 9.17) is 4.43 Å². The standard InChI is InChI=1S/C16H32O2Si/c1-5-9-10-11-12-13-14-16(17)15-18-19(6-2,7-3)8-4/h16-17H,5-11,14-15H2,1-4H3/t16-/m0/s1. The highest BCUT2D eigenvalue weighted by molar-refractivity contribution is 6.73. The van der Waals surface area contributed by atoms with Crippen LogP contribution in [0.2, 0.25) is 18.1 Å². The van der Waals surface area contributed by atoms with Gasteiger partial charge in [-0.15, -0.1) is 11.8 Å². The van der Waals surface area contributed by atoms with Crippen molar-refractivity contribution < 1.29 is 9.53 Å². The van der Waals surface area contributed by atoms with E-state index in [-0.39, 0.29) is 0 Å². The molecule has 0 aliphatic carbocycles. The minimum Gasteiger partial charge on any atom is -0.414 e. The maximum Gasteiger partial charge on any atom is 0.192 e. The van der Waals surface area contributed by atoms with Crippen molar-refractivity contribution in [3.63, 3.8) is 0 Å². The van der Waals surface area contributed by atoms with Gasteiger partial charge in [-0.05, 0) is 24.6 Å². The van der Waals surface area contributed by atoms with E-state index in [2.05, 4.69) is 39.5 Å². The van der Waals surface area contributed by atoms with Crippen molar-refractivity contribution in [2.75, 3.05) is 6.61 Å². The monoisotopic (exact) mass is 284 g/mol. The van der Waals surface area contributed by atoms with Gasteiger partial charge >= 0.3 is 0 Å². The highest BCUT2D eigenvalue weighted by Gasteiger charge is 2.29. The summed E-state index contributed by atoms with van der Waals surface area (Å²) >= 11 is 0. The van der Waals surface area contributed by atoms with Gasteiger partial charge in [0.25, 0.3) is 0 Å². The third-order valence-corrected chi connectivity index (χ3v) is 8.53. The minimum atomic E-state index is -1.55. The number of unbranched alkanes of at least 4 members (excludes halogenated alkanes) is 3.